The highest BCUT2D eigenvalue weighted by Crippen LogP contribution is 2.41. The van der Waals surface area contributed by atoms with E-state index in [1.165, 1.54) is 15.8 Å². The highest BCUT2D eigenvalue weighted by molar-refractivity contribution is 7.15. The van der Waals surface area contributed by atoms with Gasteiger partial charge in [-0.3, -0.25) is 24.0 Å². The Bertz CT molecular complexity index is 3170. The Morgan fingerprint density at radius 1 is 0.899 bits per heavy atom. The monoisotopic (exact) mass is 975 g/mol. The lowest BCUT2D eigenvalue weighted by molar-refractivity contribution is -0.139. The van der Waals surface area contributed by atoms with Gasteiger partial charge in [0, 0.05) is 102 Å². The van der Waals surface area contributed by atoms with Crippen molar-refractivity contribution in [2.45, 2.75) is 84.1 Å². The van der Waals surface area contributed by atoms with Crippen molar-refractivity contribution in [2.24, 2.45) is 4.99 Å². The molecule has 11 rings (SSSR count). The second-order valence-electron chi connectivity index (χ2n) is 18.5. The number of aliphatic imine (C=N–C) groups is 1. The highest BCUT2D eigenvalue weighted by Gasteiger charge is 2.40. The van der Waals surface area contributed by atoms with Crippen LogP contribution >= 0.6 is 22.9 Å². The van der Waals surface area contributed by atoms with E-state index >= 15 is 0 Å². The van der Waals surface area contributed by atoms with Crippen molar-refractivity contribution in [1.82, 2.24) is 53.6 Å². The molecular formula is C49H49ClF3N13O2S. The topological polar surface area (TPSA) is 147 Å². The number of carbonyl (C=O) groups is 2. The fourth-order valence-corrected chi connectivity index (χ4v) is 11.6. The van der Waals surface area contributed by atoms with Crippen molar-refractivity contribution >= 4 is 63.1 Å². The van der Waals surface area contributed by atoms with E-state index in [1.807, 2.05) is 51.6 Å². The Labute approximate surface area is 404 Å². The maximum atomic E-state index is 14.5. The summed E-state index contributed by atoms with van der Waals surface area (Å²) in [4.78, 5) is 54.6. The fraction of sp³-hybridized carbons (Fsp3) is 0.388. The predicted octanol–water partition coefficient (Wildman–Crippen LogP) is 8.97. The lowest BCUT2D eigenvalue weighted by Crippen LogP contribution is -2.64. The van der Waals surface area contributed by atoms with Gasteiger partial charge in [0.2, 0.25) is 11.9 Å². The van der Waals surface area contributed by atoms with Crippen molar-refractivity contribution in [3.63, 3.8) is 0 Å². The van der Waals surface area contributed by atoms with Gasteiger partial charge in [-0.2, -0.15) is 18.2 Å². The molecule has 2 amide bonds. The molecule has 0 radical (unpaired) electrons. The standard InChI is InChI=1S/C49H49ClF3N13O2S/c1-27-23-64(26-55-27)37-19-33(49(51,52)53)18-35(20-37)56-48-54-22-32-17-40(66(44(32)58-48)36-7-5-6-8-36)46(68)62-15-13-61(14-16-62)38-24-63(25-38)41(67)21-39-45-60-59-30(4)65(45)47-42(28(2)29(3)69-47)43(57-39)31-9-11-34(50)12-10-31/h9-12,17-20,22-23,26,36,38-39H,5-8,13-16,21,24-25H2,1-4H3,(H,54,56,58). The molecule has 3 aliphatic heterocycles. The molecule has 2 aromatic carbocycles. The van der Waals surface area contributed by atoms with Crippen molar-refractivity contribution in [3.05, 3.63) is 122 Å². The maximum absolute atomic E-state index is 14.5. The van der Waals surface area contributed by atoms with E-state index in [0.717, 1.165) is 71.0 Å². The summed E-state index contributed by atoms with van der Waals surface area (Å²) in [6.07, 6.45) is 4.11. The lowest BCUT2D eigenvalue weighted by atomic mass is 9.99. The summed E-state index contributed by atoms with van der Waals surface area (Å²) in [5, 5.41) is 14.3. The van der Waals surface area contributed by atoms with Crippen LogP contribution in [0.1, 0.15) is 99.1 Å². The summed E-state index contributed by atoms with van der Waals surface area (Å²) < 4.78 is 47.8. The van der Waals surface area contributed by atoms with Crippen LogP contribution in [-0.4, -0.2) is 116 Å². The summed E-state index contributed by atoms with van der Waals surface area (Å²) in [6, 6.07) is 12.9. The Kier molecular flexibility index (Phi) is 11.4. The smallest absolute Gasteiger partial charge is 0.339 e. The second kappa shape index (κ2) is 17.5. The average Bonchev–Trinajstić information content (AvgIpc) is 4.16. The van der Waals surface area contributed by atoms with Crippen molar-refractivity contribution < 1.29 is 22.8 Å². The van der Waals surface area contributed by atoms with Crippen LogP contribution in [0.2, 0.25) is 5.02 Å². The number of hydrogen-bond acceptors (Lipinski definition) is 11. The van der Waals surface area contributed by atoms with Crippen LogP contribution in [0.15, 0.2) is 72.2 Å². The first-order valence-electron chi connectivity index (χ1n) is 23.2. The molecule has 7 aromatic rings. The third-order valence-electron chi connectivity index (χ3n) is 14.1. The number of benzene rings is 2. The van der Waals surface area contributed by atoms with Gasteiger partial charge in [0.1, 0.15) is 28.2 Å². The van der Waals surface area contributed by atoms with Crippen molar-refractivity contribution in [3.8, 4) is 10.7 Å². The number of hydrogen-bond donors (Lipinski definition) is 1. The number of halogens is 4. The van der Waals surface area contributed by atoms with E-state index < -0.39 is 17.8 Å². The number of likely N-dealkylation sites (tertiary alicyclic amines) is 1. The van der Waals surface area contributed by atoms with Gasteiger partial charge in [0.25, 0.3) is 5.91 Å². The summed E-state index contributed by atoms with van der Waals surface area (Å²) in [5.74, 6) is 1.41. The van der Waals surface area contributed by atoms with Gasteiger partial charge in [-0.1, -0.05) is 36.6 Å². The third kappa shape index (κ3) is 8.37. The molecule has 1 unspecified atom stereocenters. The SMILES string of the molecule is Cc1cn(-c2cc(Nc3ncc4cc(C(=O)N5CCN(C6CN(C(=O)CC7N=C(c8ccc(Cl)cc8)c8c(sc(C)c8C)-n8c(C)nnc87)C6)CC5)n(C5CCCC5)c4n3)cc(C(F)(F)F)c2)cn1. The molecule has 5 aromatic heterocycles. The lowest BCUT2D eigenvalue weighted by Gasteiger charge is -2.48. The zero-order valence-electron chi connectivity index (χ0n) is 38.5. The zero-order chi connectivity index (χ0) is 47.9. The fourth-order valence-electron chi connectivity index (χ4n) is 10.2. The molecule has 0 bridgehead atoms. The van der Waals surface area contributed by atoms with Crippen LogP contribution in [0.5, 0.6) is 0 Å². The molecule has 1 atom stereocenters. The number of fused-ring (bicyclic) bond motifs is 4. The number of aromatic nitrogens is 8. The summed E-state index contributed by atoms with van der Waals surface area (Å²) in [7, 11) is 0. The molecule has 0 spiro atoms. The van der Waals surface area contributed by atoms with Gasteiger partial charge >= 0.3 is 6.18 Å². The van der Waals surface area contributed by atoms with Gasteiger partial charge in [0.05, 0.1) is 29.7 Å². The molecule has 2 saturated heterocycles. The Balaban J connectivity index is 0.771. The number of thiophene rings is 1. The first-order valence-corrected chi connectivity index (χ1v) is 24.4. The number of aryl methyl sites for hydroxylation is 3. The van der Waals surface area contributed by atoms with E-state index in [4.69, 9.17) is 21.6 Å². The van der Waals surface area contributed by atoms with E-state index in [1.54, 1.807) is 36.7 Å². The van der Waals surface area contributed by atoms with Crippen LogP contribution in [-0.2, 0) is 11.0 Å². The number of nitrogens with one attached hydrogen (secondary N) is 1. The minimum absolute atomic E-state index is 0.0000384. The van der Waals surface area contributed by atoms with E-state index in [2.05, 4.69) is 48.8 Å². The first kappa shape index (κ1) is 45.0. The zero-order valence-corrected chi connectivity index (χ0v) is 40.0. The van der Waals surface area contributed by atoms with Gasteiger partial charge < -0.3 is 24.3 Å². The number of amides is 2. The molecule has 15 nitrogen and oxygen atoms in total. The number of anilines is 2. The second-order valence-corrected chi connectivity index (χ2v) is 20.2. The van der Waals surface area contributed by atoms with Crippen molar-refractivity contribution in [1.29, 1.82) is 0 Å². The largest absolute Gasteiger partial charge is 0.416 e. The van der Waals surface area contributed by atoms with Crippen molar-refractivity contribution in [2.75, 3.05) is 44.6 Å². The van der Waals surface area contributed by atoms with Gasteiger partial charge in [0.15, 0.2) is 5.82 Å². The van der Waals surface area contributed by atoms with Crippen LogP contribution < -0.4 is 5.32 Å². The summed E-state index contributed by atoms with van der Waals surface area (Å²) in [5.41, 5.74) is 5.26. The van der Waals surface area contributed by atoms with E-state index in [9.17, 15) is 22.8 Å². The minimum Gasteiger partial charge on any atom is -0.339 e. The molecule has 69 heavy (non-hydrogen) atoms. The predicted molar refractivity (Wildman–Crippen MR) is 257 cm³/mol. The highest BCUT2D eigenvalue weighted by atomic mass is 35.5. The van der Waals surface area contributed by atoms with Gasteiger partial charge in [-0.05, 0) is 82.5 Å². The van der Waals surface area contributed by atoms with Crippen LogP contribution in [0.25, 0.3) is 21.7 Å². The number of imidazole rings is 1. The number of piperazine rings is 1. The molecule has 1 saturated carbocycles. The quantitative estimate of drug-likeness (QED) is 0.150. The van der Waals surface area contributed by atoms with Gasteiger partial charge in [-0.15, -0.1) is 21.5 Å². The van der Waals surface area contributed by atoms with Crippen LogP contribution in [0.3, 0.4) is 0 Å². The molecule has 20 heteroatoms. The van der Waals surface area contributed by atoms with Crippen LogP contribution in [0, 0.1) is 27.7 Å². The first-order chi connectivity index (χ1) is 33.2. The molecule has 1 aliphatic carbocycles. The maximum Gasteiger partial charge on any atom is 0.416 e. The number of carbonyl (C=O) groups excluding carboxylic acids is 2. The Hall–Kier alpha value is -6.44. The third-order valence-corrected chi connectivity index (χ3v) is 15.5. The molecule has 1 N–H and O–H groups in total. The molecular weight excluding hydrogens is 927 g/mol. The summed E-state index contributed by atoms with van der Waals surface area (Å²) >= 11 is 7.97. The minimum atomic E-state index is -4.59. The van der Waals surface area contributed by atoms with E-state index in [0.29, 0.717) is 72.5 Å². The Morgan fingerprint density at radius 3 is 2.36 bits per heavy atom. The normalized spacial score (nSPS) is 18.0. The van der Waals surface area contributed by atoms with E-state index in [-0.39, 0.29) is 47.6 Å². The molecule has 8 heterocycles. The molecule has 356 valence electrons. The Morgan fingerprint density at radius 2 is 1.65 bits per heavy atom. The van der Waals surface area contributed by atoms with Gasteiger partial charge in [-0.25, -0.2) is 9.97 Å². The number of alkyl halides is 3. The molecule has 4 aliphatic rings. The molecule has 3 fully saturated rings. The average molecular weight is 977 g/mol. The summed E-state index contributed by atoms with van der Waals surface area (Å²) in [6.45, 7) is 11.4. The number of nitrogens with zero attached hydrogens (tertiary/aromatic N) is 12. The van der Waals surface area contributed by atoms with Crippen LogP contribution in [0.4, 0.5) is 24.8 Å². The number of rotatable bonds is 9.